The van der Waals surface area contributed by atoms with E-state index in [4.69, 9.17) is 0 Å². The molecule has 26 heavy (non-hydrogen) atoms. The third-order valence-corrected chi connectivity index (χ3v) is 3.76. The molecule has 0 unspecified atom stereocenters. The van der Waals surface area contributed by atoms with Gasteiger partial charge in [0, 0.05) is 25.2 Å². The summed E-state index contributed by atoms with van der Waals surface area (Å²) in [6, 6.07) is 9.93. The molecule has 3 rings (SSSR count). The Kier molecular flexibility index (Phi) is 4.70. The molecule has 0 saturated heterocycles. The summed E-state index contributed by atoms with van der Waals surface area (Å²) in [5.41, 5.74) is 0.878. The van der Waals surface area contributed by atoms with E-state index >= 15 is 0 Å². The van der Waals surface area contributed by atoms with Gasteiger partial charge in [-0.2, -0.15) is 5.10 Å². The zero-order valence-electron chi connectivity index (χ0n) is 13.7. The fourth-order valence-corrected chi connectivity index (χ4v) is 2.48. The number of rotatable bonds is 5. The van der Waals surface area contributed by atoms with Gasteiger partial charge in [-0.1, -0.05) is 12.1 Å². The van der Waals surface area contributed by atoms with Crippen LogP contribution in [0.5, 0.6) is 0 Å². The second kappa shape index (κ2) is 7.09. The number of amides is 1. The summed E-state index contributed by atoms with van der Waals surface area (Å²) < 4.78 is 14.2. The molecular formula is C17H14FN5O3. The second-order valence-corrected chi connectivity index (χ2v) is 5.59. The summed E-state index contributed by atoms with van der Waals surface area (Å²) in [6.07, 6.45) is 2.60. The lowest BCUT2D eigenvalue weighted by Crippen LogP contribution is -2.26. The molecule has 0 radical (unpaired) electrons. The Morgan fingerprint density at radius 1 is 1.27 bits per heavy atom. The molecule has 2 aromatic carbocycles. The molecule has 0 bridgehead atoms. The van der Waals surface area contributed by atoms with Crippen LogP contribution in [-0.2, 0) is 6.54 Å². The average molecular weight is 355 g/mol. The third kappa shape index (κ3) is 3.56. The molecule has 0 saturated carbocycles. The standard InChI is InChI=1S/C17H14FN5O3/c1-21(9-12-2-5-14(18)6-3-12)17(24)13-4-7-15(16(8-13)23(25)26)22-11-19-10-20-22/h2-8,10-11H,9H2,1H3. The van der Waals surface area contributed by atoms with Crippen LogP contribution in [0.3, 0.4) is 0 Å². The lowest BCUT2D eigenvalue weighted by Gasteiger charge is -2.17. The van der Waals surface area contributed by atoms with Crippen molar-refractivity contribution in [3.05, 3.63) is 82.2 Å². The second-order valence-electron chi connectivity index (χ2n) is 5.59. The summed E-state index contributed by atoms with van der Waals surface area (Å²) >= 11 is 0. The van der Waals surface area contributed by atoms with E-state index in [0.29, 0.717) is 0 Å². The molecule has 1 aromatic heterocycles. The lowest BCUT2D eigenvalue weighted by atomic mass is 10.1. The van der Waals surface area contributed by atoms with Crippen molar-refractivity contribution in [3.8, 4) is 5.69 Å². The van der Waals surface area contributed by atoms with Gasteiger partial charge in [0.2, 0.25) is 0 Å². The minimum absolute atomic E-state index is 0.171. The Balaban J connectivity index is 1.86. The van der Waals surface area contributed by atoms with Crippen molar-refractivity contribution in [1.29, 1.82) is 0 Å². The topological polar surface area (TPSA) is 94.2 Å². The van der Waals surface area contributed by atoms with Gasteiger partial charge in [-0.25, -0.2) is 14.1 Å². The van der Waals surface area contributed by atoms with E-state index in [1.54, 1.807) is 19.2 Å². The van der Waals surface area contributed by atoms with E-state index < -0.39 is 4.92 Å². The quantitative estimate of drug-likeness (QED) is 0.518. The zero-order chi connectivity index (χ0) is 18.7. The molecule has 0 aliphatic heterocycles. The first-order valence-corrected chi connectivity index (χ1v) is 7.59. The SMILES string of the molecule is CN(Cc1ccc(F)cc1)C(=O)c1ccc(-n2cncn2)c([N+](=O)[O-])c1. The Morgan fingerprint density at radius 2 is 2.00 bits per heavy atom. The van der Waals surface area contributed by atoms with Crippen LogP contribution in [0.1, 0.15) is 15.9 Å². The van der Waals surface area contributed by atoms with Gasteiger partial charge in [-0.15, -0.1) is 0 Å². The van der Waals surface area contributed by atoms with E-state index in [-0.39, 0.29) is 35.2 Å². The number of aromatic nitrogens is 3. The summed E-state index contributed by atoms with van der Waals surface area (Å²) in [6.45, 7) is 0.248. The minimum atomic E-state index is -0.576. The summed E-state index contributed by atoms with van der Waals surface area (Å²) in [7, 11) is 1.57. The maximum absolute atomic E-state index is 13.0. The highest BCUT2D eigenvalue weighted by molar-refractivity contribution is 5.95. The molecule has 0 aliphatic carbocycles. The normalized spacial score (nSPS) is 10.5. The minimum Gasteiger partial charge on any atom is -0.337 e. The van der Waals surface area contributed by atoms with Crippen LogP contribution in [0.2, 0.25) is 0 Å². The maximum Gasteiger partial charge on any atom is 0.295 e. The molecular weight excluding hydrogens is 341 g/mol. The molecule has 3 aromatic rings. The van der Waals surface area contributed by atoms with Crippen molar-refractivity contribution >= 4 is 11.6 Å². The molecule has 9 heteroatoms. The Hall–Kier alpha value is -3.62. The van der Waals surface area contributed by atoms with Crippen molar-refractivity contribution in [2.45, 2.75) is 6.54 Å². The molecule has 1 heterocycles. The van der Waals surface area contributed by atoms with Gasteiger partial charge >= 0.3 is 0 Å². The average Bonchev–Trinajstić information content (AvgIpc) is 3.17. The predicted molar refractivity (Wildman–Crippen MR) is 90.2 cm³/mol. The number of nitro benzene ring substituents is 1. The number of benzene rings is 2. The van der Waals surface area contributed by atoms with Crippen molar-refractivity contribution < 1.29 is 14.1 Å². The molecule has 1 amide bonds. The van der Waals surface area contributed by atoms with E-state index in [0.717, 1.165) is 5.56 Å². The van der Waals surface area contributed by atoms with E-state index in [2.05, 4.69) is 10.1 Å². The van der Waals surface area contributed by atoms with Crippen molar-refractivity contribution in [3.63, 3.8) is 0 Å². The van der Waals surface area contributed by atoms with Gasteiger partial charge in [0.05, 0.1) is 4.92 Å². The Morgan fingerprint density at radius 3 is 2.62 bits per heavy atom. The first-order valence-electron chi connectivity index (χ1n) is 7.59. The van der Waals surface area contributed by atoms with Crippen LogP contribution in [0.25, 0.3) is 5.69 Å². The van der Waals surface area contributed by atoms with Crippen LogP contribution in [0.15, 0.2) is 55.1 Å². The zero-order valence-corrected chi connectivity index (χ0v) is 13.7. The van der Waals surface area contributed by atoms with Crippen LogP contribution in [-0.4, -0.2) is 37.5 Å². The summed E-state index contributed by atoms with van der Waals surface area (Å²) in [5, 5.41) is 15.2. The number of hydrogen-bond acceptors (Lipinski definition) is 5. The number of hydrogen-bond donors (Lipinski definition) is 0. The maximum atomic E-state index is 13.0. The Labute approximate surface area is 147 Å². The van der Waals surface area contributed by atoms with E-state index in [1.807, 2.05) is 0 Å². The van der Waals surface area contributed by atoms with Crippen LogP contribution >= 0.6 is 0 Å². The van der Waals surface area contributed by atoms with Gasteiger partial charge in [-0.3, -0.25) is 14.9 Å². The first-order chi connectivity index (χ1) is 12.5. The predicted octanol–water partition coefficient (Wildman–Crippen LogP) is 2.59. The van der Waals surface area contributed by atoms with E-state index in [9.17, 15) is 19.3 Å². The highest BCUT2D eigenvalue weighted by atomic mass is 19.1. The summed E-state index contributed by atoms with van der Waals surface area (Å²) in [4.78, 5) is 28.5. The van der Waals surface area contributed by atoms with Gasteiger partial charge in [0.15, 0.2) is 0 Å². The van der Waals surface area contributed by atoms with Gasteiger partial charge in [-0.05, 0) is 29.8 Å². The molecule has 8 nitrogen and oxygen atoms in total. The van der Waals surface area contributed by atoms with Crippen LogP contribution in [0.4, 0.5) is 10.1 Å². The number of nitro groups is 1. The number of carbonyl (C=O) groups excluding carboxylic acids is 1. The van der Waals surface area contributed by atoms with Gasteiger partial charge < -0.3 is 4.90 Å². The number of halogens is 1. The number of nitrogens with zero attached hydrogens (tertiary/aromatic N) is 5. The largest absolute Gasteiger partial charge is 0.337 e. The van der Waals surface area contributed by atoms with Gasteiger partial charge in [0.25, 0.3) is 11.6 Å². The van der Waals surface area contributed by atoms with Crippen LogP contribution < -0.4 is 0 Å². The van der Waals surface area contributed by atoms with Crippen molar-refractivity contribution in [2.75, 3.05) is 7.05 Å². The van der Waals surface area contributed by atoms with Crippen LogP contribution in [0, 0.1) is 15.9 Å². The molecule has 0 spiro atoms. The van der Waals surface area contributed by atoms with E-state index in [1.165, 1.54) is 52.6 Å². The Bertz CT molecular complexity index is 942. The molecule has 0 N–H and O–H groups in total. The molecule has 132 valence electrons. The van der Waals surface area contributed by atoms with Crippen molar-refractivity contribution in [1.82, 2.24) is 19.7 Å². The monoisotopic (exact) mass is 355 g/mol. The third-order valence-electron chi connectivity index (χ3n) is 3.76. The summed E-state index contributed by atoms with van der Waals surface area (Å²) in [5.74, 6) is -0.746. The highest BCUT2D eigenvalue weighted by Crippen LogP contribution is 2.24. The van der Waals surface area contributed by atoms with Gasteiger partial charge in [0.1, 0.15) is 24.2 Å². The molecule has 0 atom stereocenters. The molecule has 0 fully saturated rings. The fourth-order valence-electron chi connectivity index (χ4n) is 2.48. The fraction of sp³-hybridized carbons (Fsp3) is 0.118. The first kappa shape index (κ1) is 17.2. The highest BCUT2D eigenvalue weighted by Gasteiger charge is 2.21. The number of carbonyl (C=O) groups is 1. The molecule has 0 aliphatic rings. The van der Waals surface area contributed by atoms with Crippen molar-refractivity contribution in [2.24, 2.45) is 0 Å². The smallest absolute Gasteiger partial charge is 0.295 e. The lowest BCUT2D eigenvalue weighted by molar-refractivity contribution is -0.384.